The van der Waals surface area contributed by atoms with Gasteiger partial charge in [-0.15, -0.1) is 0 Å². The van der Waals surface area contributed by atoms with E-state index in [9.17, 15) is 9.59 Å². The first-order valence-corrected chi connectivity index (χ1v) is 7.47. The monoisotopic (exact) mass is 290 g/mol. The van der Waals surface area contributed by atoms with E-state index in [1.807, 2.05) is 30.3 Å². The van der Waals surface area contributed by atoms with Gasteiger partial charge in [0.1, 0.15) is 6.04 Å². The van der Waals surface area contributed by atoms with Crippen LogP contribution in [0.15, 0.2) is 30.3 Å². The predicted octanol–water partition coefficient (Wildman–Crippen LogP) is 1.24. The second-order valence-corrected chi connectivity index (χ2v) is 5.23. The third-order valence-corrected chi connectivity index (χ3v) is 3.67. The average molecular weight is 290 g/mol. The second-order valence-electron chi connectivity index (χ2n) is 5.23. The lowest BCUT2D eigenvalue weighted by Crippen LogP contribution is -2.46. The molecule has 1 aromatic carbocycles. The van der Waals surface area contributed by atoms with Crippen molar-refractivity contribution < 1.29 is 14.7 Å². The number of carbonyl (C=O) groups excluding carboxylic acids is 2. The molecule has 2 amide bonds. The van der Waals surface area contributed by atoms with Gasteiger partial charge in [-0.25, -0.2) is 0 Å². The lowest BCUT2D eigenvalue weighted by Gasteiger charge is -2.34. The molecule has 2 rings (SSSR count). The number of nitrogens with zero attached hydrogens (tertiary/aromatic N) is 1. The summed E-state index contributed by atoms with van der Waals surface area (Å²) in [6, 6.07) is 8.81. The number of hydrogen-bond acceptors (Lipinski definition) is 3. The Morgan fingerprint density at radius 3 is 2.71 bits per heavy atom. The summed E-state index contributed by atoms with van der Waals surface area (Å²) in [5.74, 6) is -0.141. The number of carbonyl (C=O) groups is 2. The van der Waals surface area contributed by atoms with Gasteiger partial charge >= 0.3 is 0 Å². The van der Waals surface area contributed by atoms with Crippen LogP contribution in [0.5, 0.6) is 0 Å². The van der Waals surface area contributed by atoms with Gasteiger partial charge in [0.2, 0.25) is 11.8 Å². The molecular weight excluding hydrogens is 268 g/mol. The number of piperidine rings is 1. The molecule has 0 aliphatic carbocycles. The third kappa shape index (κ3) is 4.04. The van der Waals surface area contributed by atoms with Crippen LogP contribution in [0.3, 0.4) is 0 Å². The van der Waals surface area contributed by atoms with Gasteiger partial charge in [0.05, 0.1) is 0 Å². The zero-order valence-electron chi connectivity index (χ0n) is 12.1. The van der Waals surface area contributed by atoms with Crippen LogP contribution in [0.1, 0.15) is 37.3 Å². The maximum absolute atomic E-state index is 12.5. The molecule has 1 unspecified atom stereocenters. The third-order valence-electron chi connectivity index (χ3n) is 3.67. The van der Waals surface area contributed by atoms with Gasteiger partial charge in [0, 0.05) is 26.1 Å². The van der Waals surface area contributed by atoms with Gasteiger partial charge in [-0.05, 0) is 24.8 Å². The van der Waals surface area contributed by atoms with E-state index in [-0.39, 0.29) is 18.4 Å². The van der Waals surface area contributed by atoms with E-state index in [4.69, 9.17) is 5.11 Å². The van der Waals surface area contributed by atoms with Crippen molar-refractivity contribution >= 4 is 11.8 Å². The Morgan fingerprint density at radius 2 is 2.05 bits per heavy atom. The zero-order chi connectivity index (χ0) is 15.1. The van der Waals surface area contributed by atoms with E-state index in [2.05, 4.69) is 5.32 Å². The van der Waals surface area contributed by atoms with Gasteiger partial charge in [-0.1, -0.05) is 30.3 Å². The predicted molar refractivity (Wildman–Crippen MR) is 79.5 cm³/mol. The van der Waals surface area contributed by atoms with E-state index in [1.165, 1.54) is 0 Å². The molecule has 1 aromatic rings. The summed E-state index contributed by atoms with van der Waals surface area (Å²) >= 11 is 0. The van der Waals surface area contributed by atoms with Crippen molar-refractivity contribution in [2.75, 3.05) is 19.7 Å². The minimum atomic E-state index is -0.572. The summed E-state index contributed by atoms with van der Waals surface area (Å²) in [7, 11) is 0. The highest BCUT2D eigenvalue weighted by molar-refractivity contribution is 5.89. The maximum atomic E-state index is 12.5. The Kier molecular flexibility index (Phi) is 5.75. The molecule has 5 nitrogen and oxygen atoms in total. The van der Waals surface area contributed by atoms with Crippen LogP contribution in [0, 0.1) is 0 Å². The molecule has 1 aliphatic rings. The number of aliphatic hydroxyl groups is 1. The van der Waals surface area contributed by atoms with Gasteiger partial charge in [0.15, 0.2) is 0 Å². The number of benzene rings is 1. The highest BCUT2D eigenvalue weighted by atomic mass is 16.3. The van der Waals surface area contributed by atoms with Crippen LogP contribution in [-0.4, -0.2) is 41.5 Å². The molecule has 0 bridgehead atoms. The SMILES string of the molecule is O=C(NCCCO)C(c1ccccc1)N1CCCCC1=O. The number of hydrogen-bond donors (Lipinski definition) is 2. The standard InChI is InChI=1S/C16H22N2O3/c19-12-6-10-17-16(21)15(13-7-2-1-3-8-13)18-11-5-4-9-14(18)20/h1-3,7-8,15,19H,4-6,9-12H2,(H,17,21). The van der Waals surface area contributed by atoms with Gasteiger partial charge in [-0.3, -0.25) is 9.59 Å². The summed E-state index contributed by atoms with van der Waals surface area (Å²) in [5.41, 5.74) is 0.828. The molecule has 21 heavy (non-hydrogen) atoms. The van der Waals surface area contributed by atoms with Crippen molar-refractivity contribution in [3.05, 3.63) is 35.9 Å². The smallest absolute Gasteiger partial charge is 0.247 e. The molecule has 1 saturated heterocycles. The topological polar surface area (TPSA) is 69.6 Å². The summed E-state index contributed by atoms with van der Waals surface area (Å²) in [6.45, 7) is 1.07. The van der Waals surface area contributed by atoms with Crippen LogP contribution in [-0.2, 0) is 9.59 Å². The first-order chi connectivity index (χ1) is 10.2. The number of rotatable bonds is 6. The van der Waals surface area contributed by atoms with Crippen molar-refractivity contribution in [2.45, 2.75) is 31.7 Å². The lowest BCUT2D eigenvalue weighted by atomic mass is 10.0. The van der Waals surface area contributed by atoms with Crippen molar-refractivity contribution in [3.8, 4) is 0 Å². The Balaban J connectivity index is 2.17. The summed E-state index contributed by atoms with van der Waals surface area (Å²) in [6.07, 6.45) is 2.84. The largest absolute Gasteiger partial charge is 0.396 e. The van der Waals surface area contributed by atoms with E-state index < -0.39 is 6.04 Å². The summed E-state index contributed by atoms with van der Waals surface area (Å²) in [4.78, 5) is 26.3. The number of aliphatic hydroxyl groups excluding tert-OH is 1. The fourth-order valence-corrected chi connectivity index (χ4v) is 2.60. The van der Waals surface area contributed by atoms with E-state index in [0.717, 1.165) is 18.4 Å². The van der Waals surface area contributed by atoms with Crippen molar-refractivity contribution in [3.63, 3.8) is 0 Å². The maximum Gasteiger partial charge on any atom is 0.247 e. The van der Waals surface area contributed by atoms with Gasteiger partial charge < -0.3 is 15.3 Å². The molecule has 1 atom stereocenters. The van der Waals surface area contributed by atoms with Crippen LogP contribution in [0.4, 0.5) is 0 Å². The number of amides is 2. The lowest BCUT2D eigenvalue weighted by molar-refractivity contribution is -0.142. The van der Waals surface area contributed by atoms with Crippen LogP contribution in [0.25, 0.3) is 0 Å². The first-order valence-electron chi connectivity index (χ1n) is 7.47. The Labute approximate surface area is 125 Å². The van der Waals surface area contributed by atoms with Crippen LogP contribution < -0.4 is 5.32 Å². The highest BCUT2D eigenvalue weighted by Crippen LogP contribution is 2.25. The van der Waals surface area contributed by atoms with Gasteiger partial charge in [0.25, 0.3) is 0 Å². The fraction of sp³-hybridized carbons (Fsp3) is 0.500. The van der Waals surface area contributed by atoms with Crippen LogP contribution >= 0.6 is 0 Å². The molecule has 0 saturated carbocycles. The zero-order valence-corrected chi connectivity index (χ0v) is 12.1. The second kappa shape index (κ2) is 7.78. The van der Waals surface area contributed by atoms with E-state index in [1.54, 1.807) is 4.90 Å². The Hall–Kier alpha value is -1.88. The minimum Gasteiger partial charge on any atom is -0.396 e. The minimum absolute atomic E-state index is 0.0346. The normalized spacial score (nSPS) is 16.6. The molecule has 0 radical (unpaired) electrons. The molecule has 114 valence electrons. The molecule has 5 heteroatoms. The Bertz CT molecular complexity index is 476. The first kappa shape index (κ1) is 15.5. The number of nitrogens with one attached hydrogen (secondary N) is 1. The molecule has 0 aromatic heterocycles. The van der Waals surface area contributed by atoms with Crippen LogP contribution in [0.2, 0.25) is 0 Å². The summed E-state index contributed by atoms with van der Waals surface area (Å²) in [5, 5.41) is 11.6. The van der Waals surface area contributed by atoms with Crippen molar-refractivity contribution in [1.82, 2.24) is 10.2 Å². The molecule has 0 spiro atoms. The molecule has 2 N–H and O–H groups in total. The Morgan fingerprint density at radius 1 is 1.29 bits per heavy atom. The van der Waals surface area contributed by atoms with E-state index >= 15 is 0 Å². The highest BCUT2D eigenvalue weighted by Gasteiger charge is 2.32. The van der Waals surface area contributed by atoms with Crippen molar-refractivity contribution in [1.29, 1.82) is 0 Å². The van der Waals surface area contributed by atoms with Crippen molar-refractivity contribution in [2.24, 2.45) is 0 Å². The summed E-state index contributed by atoms with van der Waals surface area (Å²) < 4.78 is 0. The quantitative estimate of drug-likeness (QED) is 0.774. The average Bonchev–Trinajstić information content (AvgIpc) is 2.51. The van der Waals surface area contributed by atoms with Gasteiger partial charge in [-0.2, -0.15) is 0 Å². The fourth-order valence-electron chi connectivity index (χ4n) is 2.60. The molecule has 1 heterocycles. The molecule has 1 aliphatic heterocycles. The molecule has 1 fully saturated rings. The van der Waals surface area contributed by atoms with E-state index in [0.29, 0.717) is 25.9 Å². The molecular formula is C16H22N2O3. The number of likely N-dealkylation sites (tertiary alicyclic amines) is 1.